The molecule has 4 nitrogen and oxygen atoms in total. The van der Waals surface area contributed by atoms with Crippen LogP contribution in [0.4, 0.5) is 0 Å². The summed E-state index contributed by atoms with van der Waals surface area (Å²) < 4.78 is 0.699. The van der Waals surface area contributed by atoms with Crippen LogP contribution in [0.1, 0.15) is 35.8 Å². The highest BCUT2D eigenvalue weighted by atomic mass is 79.9. The molecule has 0 bridgehead atoms. The molecule has 126 valence electrons. The second kappa shape index (κ2) is 8.64. The van der Waals surface area contributed by atoms with Crippen molar-refractivity contribution in [2.45, 2.75) is 19.9 Å². The van der Waals surface area contributed by atoms with Gasteiger partial charge in [-0.15, -0.1) is 0 Å². The molecule has 0 aliphatic carbocycles. The lowest BCUT2D eigenvalue weighted by Gasteiger charge is -2.26. The number of carbonyl (C=O) groups excluding carboxylic acids is 2. The predicted octanol–water partition coefficient (Wildman–Crippen LogP) is 3.79. The van der Waals surface area contributed by atoms with Gasteiger partial charge in [-0.05, 0) is 47.5 Å². The highest BCUT2D eigenvalue weighted by Gasteiger charge is 2.26. The lowest BCUT2D eigenvalue weighted by Crippen LogP contribution is -2.43. The van der Waals surface area contributed by atoms with Crippen molar-refractivity contribution in [1.82, 2.24) is 10.2 Å². The van der Waals surface area contributed by atoms with E-state index in [2.05, 4.69) is 21.2 Å². The number of rotatable bonds is 6. The van der Waals surface area contributed by atoms with E-state index in [1.54, 1.807) is 23.1 Å². The number of carbonyl (C=O) groups is 2. The Morgan fingerprint density at radius 2 is 1.58 bits per heavy atom. The van der Waals surface area contributed by atoms with Crippen LogP contribution in [0.3, 0.4) is 0 Å². The highest BCUT2D eigenvalue weighted by Crippen LogP contribution is 2.20. The Balaban J connectivity index is 2.31. The molecule has 0 saturated heterocycles. The van der Waals surface area contributed by atoms with Crippen LogP contribution in [0.5, 0.6) is 0 Å². The maximum atomic E-state index is 12.9. The molecule has 2 amide bonds. The average molecular weight is 389 g/mol. The first-order chi connectivity index (χ1) is 11.6. The molecule has 0 heterocycles. The van der Waals surface area contributed by atoms with Crippen LogP contribution in [0.15, 0.2) is 59.1 Å². The van der Waals surface area contributed by atoms with Crippen LogP contribution in [-0.4, -0.2) is 29.8 Å². The lowest BCUT2D eigenvalue weighted by molar-refractivity contribution is -0.133. The first-order valence-electron chi connectivity index (χ1n) is 7.97. The fraction of sp³-hybridized carbons (Fsp3) is 0.263. The van der Waals surface area contributed by atoms with Crippen molar-refractivity contribution in [1.29, 1.82) is 0 Å². The van der Waals surface area contributed by atoms with Gasteiger partial charge in [-0.25, -0.2) is 0 Å². The molecule has 0 radical (unpaired) electrons. The summed E-state index contributed by atoms with van der Waals surface area (Å²) in [6.45, 7) is 5.06. The molecule has 0 aliphatic heterocycles. The molecular formula is C19H21BrN2O2. The molecule has 0 saturated carbocycles. The van der Waals surface area contributed by atoms with Gasteiger partial charge in [-0.3, -0.25) is 9.59 Å². The summed E-state index contributed by atoms with van der Waals surface area (Å²) in [5, 5.41) is 2.88. The summed E-state index contributed by atoms with van der Waals surface area (Å²) >= 11 is 3.38. The van der Waals surface area contributed by atoms with Crippen LogP contribution < -0.4 is 5.32 Å². The van der Waals surface area contributed by atoms with Crippen molar-refractivity contribution < 1.29 is 9.59 Å². The standard InChI is InChI=1S/C19H21BrN2O2/c1-3-22(4-2)19(24)17(14-10-6-5-7-11-14)21-18(23)15-12-8-9-13-16(15)20/h5-13,17H,3-4H2,1-2H3,(H,21,23)/t17-/m0/s1. The number of amides is 2. The smallest absolute Gasteiger partial charge is 0.253 e. The lowest BCUT2D eigenvalue weighted by atomic mass is 10.0. The molecule has 0 unspecified atom stereocenters. The summed E-state index contributed by atoms with van der Waals surface area (Å²) in [4.78, 5) is 27.2. The predicted molar refractivity (Wildman–Crippen MR) is 98.7 cm³/mol. The number of benzene rings is 2. The fourth-order valence-corrected chi connectivity index (χ4v) is 2.97. The molecule has 0 spiro atoms. The Morgan fingerprint density at radius 1 is 1.00 bits per heavy atom. The molecule has 1 atom stereocenters. The first-order valence-corrected chi connectivity index (χ1v) is 8.76. The number of hydrogen-bond donors (Lipinski definition) is 1. The van der Waals surface area contributed by atoms with E-state index in [0.717, 1.165) is 5.56 Å². The maximum absolute atomic E-state index is 12.9. The number of hydrogen-bond acceptors (Lipinski definition) is 2. The molecule has 2 aromatic rings. The molecule has 24 heavy (non-hydrogen) atoms. The monoisotopic (exact) mass is 388 g/mol. The zero-order valence-electron chi connectivity index (χ0n) is 13.8. The van der Waals surface area contributed by atoms with Crippen molar-refractivity contribution in [3.63, 3.8) is 0 Å². The highest BCUT2D eigenvalue weighted by molar-refractivity contribution is 9.10. The van der Waals surface area contributed by atoms with Gasteiger partial charge in [-0.1, -0.05) is 42.5 Å². The second-order valence-corrected chi connectivity index (χ2v) is 6.16. The van der Waals surface area contributed by atoms with E-state index in [9.17, 15) is 9.59 Å². The number of halogens is 1. The third-order valence-electron chi connectivity index (χ3n) is 3.85. The van der Waals surface area contributed by atoms with Crippen molar-refractivity contribution >= 4 is 27.7 Å². The average Bonchev–Trinajstić information content (AvgIpc) is 2.61. The molecule has 2 aromatic carbocycles. The van der Waals surface area contributed by atoms with E-state index >= 15 is 0 Å². The van der Waals surface area contributed by atoms with Gasteiger partial charge in [0.1, 0.15) is 6.04 Å². The van der Waals surface area contributed by atoms with Gasteiger partial charge in [0.2, 0.25) is 5.91 Å². The first kappa shape index (κ1) is 18.2. The Kier molecular flexibility index (Phi) is 6.55. The maximum Gasteiger partial charge on any atom is 0.253 e. The molecule has 0 aliphatic rings. The van der Waals surface area contributed by atoms with Gasteiger partial charge in [0.05, 0.1) is 5.56 Å². The third-order valence-corrected chi connectivity index (χ3v) is 4.54. The summed E-state index contributed by atoms with van der Waals surface area (Å²) in [6.07, 6.45) is 0. The molecule has 5 heteroatoms. The zero-order chi connectivity index (χ0) is 17.5. The van der Waals surface area contributed by atoms with Crippen molar-refractivity contribution in [3.05, 3.63) is 70.2 Å². The quantitative estimate of drug-likeness (QED) is 0.818. The van der Waals surface area contributed by atoms with E-state index < -0.39 is 6.04 Å². The molecule has 0 aromatic heterocycles. The van der Waals surface area contributed by atoms with Gasteiger partial charge < -0.3 is 10.2 Å². The van der Waals surface area contributed by atoms with E-state index in [0.29, 0.717) is 23.1 Å². The van der Waals surface area contributed by atoms with Crippen molar-refractivity contribution in [2.75, 3.05) is 13.1 Å². The van der Waals surface area contributed by atoms with Gasteiger partial charge >= 0.3 is 0 Å². The van der Waals surface area contributed by atoms with Gasteiger partial charge in [0, 0.05) is 17.6 Å². The fourth-order valence-electron chi connectivity index (χ4n) is 2.51. The minimum absolute atomic E-state index is 0.105. The summed E-state index contributed by atoms with van der Waals surface area (Å²) in [7, 11) is 0. The minimum atomic E-state index is -0.703. The minimum Gasteiger partial charge on any atom is -0.341 e. The van der Waals surface area contributed by atoms with Crippen LogP contribution in [0.25, 0.3) is 0 Å². The summed E-state index contributed by atoms with van der Waals surface area (Å²) in [6, 6.07) is 15.8. The van der Waals surface area contributed by atoms with E-state index in [4.69, 9.17) is 0 Å². The number of nitrogens with one attached hydrogen (secondary N) is 1. The van der Waals surface area contributed by atoms with Crippen LogP contribution in [0.2, 0.25) is 0 Å². The van der Waals surface area contributed by atoms with Crippen molar-refractivity contribution in [2.24, 2.45) is 0 Å². The van der Waals surface area contributed by atoms with Gasteiger partial charge in [0.25, 0.3) is 5.91 Å². The Labute approximate surface area is 151 Å². The topological polar surface area (TPSA) is 49.4 Å². The molecule has 1 N–H and O–H groups in total. The van der Waals surface area contributed by atoms with Crippen LogP contribution in [-0.2, 0) is 4.79 Å². The van der Waals surface area contributed by atoms with Gasteiger partial charge in [0.15, 0.2) is 0 Å². The molecule has 0 fully saturated rings. The second-order valence-electron chi connectivity index (χ2n) is 5.31. The van der Waals surface area contributed by atoms with Crippen LogP contribution >= 0.6 is 15.9 Å². The van der Waals surface area contributed by atoms with Crippen molar-refractivity contribution in [3.8, 4) is 0 Å². The number of nitrogens with zero attached hydrogens (tertiary/aromatic N) is 1. The molecule has 2 rings (SSSR count). The summed E-state index contributed by atoms with van der Waals surface area (Å²) in [5.41, 5.74) is 1.28. The van der Waals surface area contributed by atoms with Crippen LogP contribution in [0, 0.1) is 0 Å². The summed E-state index contributed by atoms with van der Waals surface area (Å²) in [5.74, 6) is -0.386. The van der Waals surface area contributed by atoms with Gasteiger partial charge in [-0.2, -0.15) is 0 Å². The Morgan fingerprint density at radius 3 is 2.17 bits per heavy atom. The molecular weight excluding hydrogens is 368 g/mol. The largest absolute Gasteiger partial charge is 0.341 e. The van der Waals surface area contributed by atoms with E-state index in [1.807, 2.05) is 50.2 Å². The normalized spacial score (nSPS) is 11.6. The Bertz CT molecular complexity index is 700. The Hall–Kier alpha value is -2.14. The SMILES string of the molecule is CCN(CC)C(=O)[C@@H](NC(=O)c1ccccc1Br)c1ccccc1. The van der Waals surface area contributed by atoms with E-state index in [1.165, 1.54) is 0 Å². The zero-order valence-corrected chi connectivity index (χ0v) is 15.4. The number of likely N-dealkylation sites (N-methyl/N-ethyl adjacent to an activating group) is 1. The third kappa shape index (κ3) is 4.23. The van der Waals surface area contributed by atoms with E-state index in [-0.39, 0.29) is 11.8 Å².